The van der Waals surface area contributed by atoms with Crippen molar-refractivity contribution in [3.05, 3.63) is 42.4 Å². The standard InChI is InChI=1S/C14H17N5O.2ClH/c15-14(5-6-14)13(20)17-12-4-10-19(18-12)9-3-11-1-7-16-8-2-11;;/h1-2,4,7-8,10H,3,5-6,9,15H2,(H,17,18,20);2*1H. The Bertz CT molecular complexity index is 613. The minimum Gasteiger partial charge on any atom is -0.317 e. The molecule has 3 N–H and O–H groups in total. The number of nitrogens with zero attached hydrogens (tertiary/aromatic N) is 3. The summed E-state index contributed by atoms with van der Waals surface area (Å²) in [5, 5.41) is 7.08. The summed E-state index contributed by atoms with van der Waals surface area (Å²) in [6.07, 6.45) is 7.79. The lowest BCUT2D eigenvalue weighted by atomic mass is 10.2. The summed E-state index contributed by atoms with van der Waals surface area (Å²) in [7, 11) is 0. The highest BCUT2D eigenvalue weighted by atomic mass is 35.5. The lowest BCUT2D eigenvalue weighted by Gasteiger charge is -2.07. The minimum atomic E-state index is -0.666. The predicted molar refractivity (Wildman–Crippen MR) is 89.4 cm³/mol. The fraction of sp³-hybridized carbons (Fsp3) is 0.357. The number of carbonyl (C=O) groups excluding carboxylic acids is 1. The van der Waals surface area contributed by atoms with Gasteiger partial charge in [-0.3, -0.25) is 14.5 Å². The molecular weight excluding hydrogens is 325 g/mol. The van der Waals surface area contributed by atoms with E-state index < -0.39 is 5.54 Å². The Balaban J connectivity index is 0.00000121. The van der Waals surface area contributed by atoms with Crippen molar-refractivity contribution in [3.8, 4) is 0 Å². The van der Waals surface area contributed by atoms with Crippen molar-refractivity contribution in [1.29, 1.82) is 0 Å². The first-order chi connectivity index (χ1) is 9.66. The first-order valence-electron chi connectivity index (χ1n) is 6.68. The molecule has 0 bridgehead atoms. The van der Waals surface area contributed by atoms with Crippen molar-refractivity contribution in [2.75, 3.05) is 5.32 Å². The number of carbonyl (C=O) groups is 1. The third kappa shape index (κ3) is 4.43. The van der Waals surface area contributed by atoms with Crippen LogP contribution in [-0.2, 0) is 17.8 Å². The van der Waals surface area contributed by atoms with E-state index in [4.69, 9.17) is 5.73 Å². The topological polar surface area (TPSA) is 85.8 Å². The van der Waals surface area contributed by atoms with E-state index in [0.29, 0.717) is 5.82 Å². The molecule has 3 rings (SSSR count). The number of nitrogens with one attached hydrogen (secondary N) is 1. The highest BCUT2D eigenvalue weighted by Gasteiger charge is 2.46. The number of nitrogens with two attached hydrogens (primary N) is 1. The number of rotatable bonds is 5. The number of aromatic nitrogens is 3. The number of hydrogen-bond acceptors (Lipinski definition) is 4. The fourth-order valence-electron chi connectivity index (χ4n) is 1.95. The summed E-state index contributed by atoms with van der Waals surface area (Å²) in [5.74, 6) is 0.415. The van der Waals surface area contributed by atoms with E-state index in [9.17, 15) is 4.79 Å². The molecule has 8 heteroatoms. The van der Waals surface area contributed by atoms with E-state index in [0.717, 1.165) is 25.8 Å². The fourth-order valence-corrected chi connectivity index (χ4v) is 1.95. The van der Waals surface area contributed by atoms with E-state index in [1.165, 1.54) is 5.56 Å². The lowest BCUT2D eigenvalue weighted by Crippen LogP contribution is -2.37. The van der Waals surface area contributed by atoms with Gasteiger partial charge in [0.05, 0.1) is 5.54 Å². The maximum absolute atomic E-state index is 11.8. The molecule has 0 unspecified atom stereocenters. The van der Waals surface area contributed by atoms with Crippen LogP contribution >= 0.6 is 24.8 Å². The summed E-state index contributed by atoms with van der Waals surface area (Å²) in [6.45, 7) is 0.758. The van der Waals surface area contributed by atoms with Gasteiger partial charge in [0.1, 0.15) is 0 Å². The molecule has 2 heterocycles. The minimum absolute atomic E-state index is 0. The first kappa shape index (κ1) is 18.4. The van der Waals surface area contributed by atoms with Crippen molar-refractivity contribution >= 4 is 36.5 Å². The number of halogens is 2. The van der Waals surface area contributed by atoms with Gasteiger partial charge < -0.3 is 11.1 Å². The van der Waals surface area contributed by atoms with Gasteiger partial charge in [0.15, 0.2) is 5.82 Å². The zero-order valence-electron chi connectivity index (χ0n) is 11.9. The van der Waals surface area contributed by atoms with Crippen molar-refractivity contribution in [3.63, 3.8) is 0 Å². The van der Waals surface area contributed by atoms with E-state index in [1.807, 2.05) is 23.0 Å². The Morgan fingerprint density at radius 3 is 2.59 bits per heavy atom. The SMILES string of the molecule is Cl.Cl.NC1(C(=O)Nc2ccn(CCc3ccncc3)n2)CC1. The molecule has 0 aliphatic heterocycles. The van der Waals surface area contributed by atoms with Crippen LogP contribution in [0.2, 0.25) is 0 Å². The van der Waals surface area contributed by atoms with E-state index in [-0.39, 0.29) is 30.7 Å². The molecule has 22 heavy (non-hydrogen) atoms. The van der Waals surface area contributed by atoms with Crippen LogP contribution in [0.15, 0.2) is 36.8 Å². The van der Waals surface area contributed by atoms with Crippen LogP contribution < -0.4 is 11.1 Å². The average Bonchev–Trinajstić information content (AvgIpc) is 3.06. The zero-order valence-corrected chi connectivity index (χ0v) is 13.6. The molecule has 2 aromatic heterocycles. The van der Waals surface area contributed by atoms with Gasteiger partial charge in [0, 0.05) is 31.2 Å². The molecule has 1 aliphatic rings. The monoisotopic (exact) mass is 343 g/mol. The van der Waals surface area contributed by atoms with Crippen LogP contribution in [0.25, 0.3) is 0 Å². The maximum Gasteiger partial charge on any atom is 0.245 e. The van der Waals surface area contributed by atoms with Gasteiger partial charge in [-0.2, -0.15) is 5.10 Å². The van der Waals surface area contributed by atoms with E-state index in [2.05, 4.69) is 15.4 Å². The maximum atomic E-state index is 11.8. The molecule has 2 aromatic rings. The van der Waals surface area contributed by atoms with Crippen molar-refractivity contribution in [1.82, 2.24) is 14.8 Å². The van der Waals surface area contributed by atoms with Crippen LogP contribution in [-0.4, -0.2) is 26.2 Å². The Hall–Kier alpha value is -1.63. The third-order valence-electron chi connectivity index (χ3n) is 3.50. The van der Waals surface area contributed by atoms with Crippen LogP contribution in [0, 0.1) is 0 Å². The molecule has 120 valence electrons. The Labute approximate surface area is 141 Å². The molecular formula is C14H19Cl2N5O. The third-order valence-corrected chi connectivity index (χ3v) is 3.50. The molecule has 1 aliphatic carbocycles. The van der Waals surface area contributed by atoms with E-state index in [1.54, 1.807) is 18.5 Å². The van der Waals surface area contributed by atoms with Gasteiger partial charge >= 0.3 is 0 Å². The summed E-state index contributed by atoms with van der Waals surface area (Å²) in [6, 6.07) is 5.76. The second-order valence-electron chi connectivity index (χ2n) is 5.18. The summed E-state index contributed by atoms with van der Waals surface area (Å²) in [5.41, 5.74) is 6.37. The molecule has 1 saturated carbocycles. The quantitative estimate of drug-likeness (QED) is 0.866. The highest BCUT2D eigenvalue weighted by molar-refractivity contribution is 5.99. The summed E-state index contributed by atoms with van der Waals surface area (Å²) < 4.78 is 1.81. The molecule has 0 saturated heterocycles. The molecule has 1 fully saturated rings. The molecule has 1 amide bonds. The van der Waals surface area contributed by atoms with Gasteiger partial charge in [-0.15, -0.1) is 24.8 Å². The molecule has 0 aromatic carbocycles. The normalized spacial score (nSPS) is 14.4. The number of hydrogen-bond donors (Lipinski definition) is 2. The number of pyridine rings is 1. The summed E-state index contributed by atoms with van der Waals surface area (Å²) in [4.78, 5) is 15.8. The van der Waals surface area contributed by atoms with Crippen LogP contribution in [0.4, 0.5) is 5.82 Å². The smallest absolute Gasteiger partial charge is 0.245 e. The Morgan fingerprint density at radius 1 is 1.27 bits per heavy atom. The van der Waals surface area contributed by atoms with Gasteiger partial charge in [0.2, 0.25) is 5.91 Å². The second kappa shape index (κ2) is 7.58. The van der Waals surface area contributed by atoms with Crippen LogP contribution in [0.1, 0.15) is 18.4 Å². The summed E-state index contributed by atoms with van der Waals surface area (Å²) >= 11 is 0. The van der Waals surface area contributed by atoms with Gasteiger partial charge in [-0.25, -0.2) is 0 Å². The molecule has 0 radical (unpaired) electrons. The van der Waals surface area contributed by atoms with Gasteiger partial charge in [-0.1, -0.05) is 0 Å². The Kier molecular flexibility index (Phi) is 6.34. The van der Waals surface area contributed by atoms with Gasteiger partial charge in [-0.05, 0) is 37.0 Å². The van der Waals surface area contributed by atoms with Gasteiger partial charge in [0.25, 0.3) is 0 Å². The van der Waals surface area contributed by atoms with Crippen LogP contribution in [0.3, 0.4) is 0 Å². The number of anilines is 1. The van der Waals surface area contributed by atoms with Crippen LogP contribution in [0.5, 0.6) is 0 Å². The highest BCUT2D eigenvalue weighted by Crippen LogP contribution is 2.33. The molecule has 0 atom stereocenters. The van der Waals surface area contributed by atoms with Crippen molar-refractivity contribution in [2.24, 2.45) is 5.73 Å². The van der Waals surface area contributed by atoms with Crippen molar-refractivity contribution in [2.45, 2.75) is 31.3 Å². The largest absolute Gasteiger partial charge is 0.317 e. The lowest BCUT2D eigenvalue weighted by molar-refractivity contribution is -0.118. The Morgan fingerprint density at radius 2 is 1.95 bits per heavy atom. The number of aryl methyl sites for hydroxylation is 2. The molecule has 0 spiro atoms. The van der Waals surface area contributed by atoms with Crippen molar-refractivity contribution < 1.29 is 4.79 Å². The second-order valence-corrected chi connectivity index (χ2v) is 5.18. The first-order valence-corrected chi connectivity index (χ1v) is 6.68. The zero-order chi connectivity index (χ0) is 14.0. The molecule has 6 nitrogen and oxygen atoms in total. The predicted octanol–water partition coefficient (Wildman–Crippen LogP) is 1.79. The van der Waals surface area contributed by atoms with E-state index >= 15 is 0 Å². The number of amides is 1. The average molecular weight is 344 g/mol.